The fraction of sp³-hybridized carbons (Fsp3) is 0.833. The molecule has 2 atom stereocenters. The first kappa shape index (κ1) is 11.5. The van der Waals surface area contributed by atoms with Gasteiger partial charge in [-0.05, 0) is 6.42 Å². The van der Waals surface area contributed by atoms with Crippen LogP contribution in [0.3, 0.4) is 0 Å². The molecule has 0 saturated carbocycles. The van der Waals surface area contributed by atoms with E-state index in [1.54, 1.807) is 6.92 Å². The van der Waals surface area contributed by atoms with Crippen LogP contribution in [0, 0.1) is 5.92 Å². The minimum Gasteiger partial charge on any atom is -0.388 e. The van der Waals surface area contributed by atoms with Crippen LogP contribution in [0.25, 0.3) is 0 Å². The Balaban J connectivity index is 4.20. The van der Waals surface area contributed by atoms with Crippen molar-refractivity contribution in [3.8, 4) is 0 Å². The standard InChI is InChI=1S/C6H9Cl3O2/c1-2-4(3-10)5(11)6(7,8)9/h3-5,11H,2H2,1H3/t4-,5-/m0/s1. The molecule has 66 valence electrons. The van der Waals surface area contributed by atoms with E-state index in [1.807, 2.05) is 0 Å². The number of carbonyl (C=O) groups is 1. The first-order valence-corrected chi connectivity index (χ1v) is 4.27. The van der Waals surface area contributed by atoms with E-state index in [4.69, 9.17) is 34.8 Å². The van der Waals surface area contributed by atoms with E-state index in [0.29, 0.717) is 12.7 Å². The normalized spacial score (nSPS) is 17.5. The molecule has 0 aromatic heterocycles. The molecule has 0 aliphatic heterocycles. The number of hydrogen-bond donors (Lipinski definition) is 1. The minimum atomic E-state index is -1.78. The summed E-state index contributed by atoms with van der Waals surface area (Å²) in [5.74, 6) is -0.609. The lowest BCUT2D eigenvalue weighted by molar-refractivity contribution is -0.114. The smallest absolute Gasteiger partial charge is 0.216 e. The molecule has 0 heterocycles. The van der Waals surface area contributed by atoms with Gasteiger partial charge in [-0.25, -0.2) is 0 Å². The highest BCUT2D eigenvalue weighted by atomic mass is 35.6. The number of aliphatic hydroxyl groups is 1. The summed E-state index contributed by atoms with van der Waals surface area (Å²) in [5.41, 5.74) is 0. The van der Waals surface area contributed by atoms with Gasteiger partial charge < -0.3 is 9.90 Å². The molecule has 0 aromatic rings. The predicted molar refractivity (Wildman–Crippen MR) is 46.1 cm³/mol. The number of halogens is 3. The van der Waals surface area contributed by atoms with Crippen molar-refractivity contribution in [1.82, 2.24) is 0 Å². The van der Waals surface area contributed by atoms with Crippen LogP contribution in [0.15, 0.2) is 0 Å². The third kappa shape index (κ3) is 3.61. The maximum absolute atomic E-state index is 10.3. The zero-order valence-corrected chi connectivity index (χ0v) is 8.20. The van der Waals surface area contributed by atoms with Gasteiger partial charge >= 0.3 is 0 Å². The average Bonchev–Trinajstić information content (AvgIpc) is 1.88. The lowest BCUT2D eigenvalue weighted by atomic mass is 10.0. The maximum atomic E-state index is 10.3. The van der Waals surface area contributed by atoms with Gasteiger partial charge in [0.05, 0.1) is 0 Å². The van der Waals surface area contributed by atoms with Crippen LogP contribution in [0.2, 0.25) is 0 Å². The van der Waals surface area contributed by atoms with Crippen molar-refractivity contribution in [3.63, 3.8) is 0 Å². The van der Waals surface area contributed by atoms with Crippen molar-refractivity contribution < 1.29 is 9.90 Å². The molecule has 0 saturated heterocycles. The van der Waals surface area contributed by atoms with Gasteiger partial charge in [0, 0.05) is 5.92 Å². The molecule has 0 unspecified atom stereocenters. The van der Waals surface area contributed by atoms with Crippen molar-refractivity contribution in [2.45, 2.75) is 23.2 Å². The summed E-state index contributed by atoms with van der Waals surface area (Å²) < 4.78 is -1.78. The summed E-state index contributed by atoms with van der Waals surface area (Å²) in [7, 11) is 0. The van der Waals surface area contributed by atoms with Crippen molar-refractivity contribution in [1.29, 1.82) is 0 Å². The van der Waals surface area contributed by atoms with Gasteiger partial charge in [0.1, 0.15) is 12.4 Å². The Hall–Kier alpha value is 0.500. The van der Waals surface area contributed by atoms with Crippen molar-refractivity contribution >= 4 is 41.1 Å². The lowest BCUT2D eigenvalue weighted by Gasteiger charge is -2.22. The van der Waals surface area contributed by atoms with Crippen molar-refractivity contribution in [2.75, 3.05) is 0 Å². The van der Waals surface area contributed by atoms with Crippen molar-refractivity contribution in [3.05, 3.63) is 0 Å². The molecule has 0 bridgehead atoms. The molecule has 0 aromatic carbocycles. The van der Waals surface area contributed by atoms with Gasteiger partial charge in [0.2, 0.25) is 3.79 Å². The van der Waals surface area contributed by atoms with Crippen LogP contribution in [0.5, 0.6) is 0 Å². The molecule has 2 nitrogen and oxygen atoms in total. The first-order valence-electron chi connectivity index (χ1n) is 3.13. The molecular weight excluding hydrogens is 210 g/mol. The predicted octanol–water partition coefficient (Wildman–Crippen LogP) is 1.94. The first-order chi connectivity index (χ1) is 4.93. The second-order valence-electron chi connectivity index (χ2n) is 2.19. The number of hydrogen-bond acceptors (Lipinski definition) is 2. The summed E-state index contributed by atoms with van der Waals surface area (Å²) in [6.45, 7) is 1.73. The van der Waals surface area contributed by atoms with Gasteiger partial charge in [0.25, 0.3) is 0 Å². The van der Waals surface area contributed by atoms with Crippen LogP contribution < -0.4 is 0 Å². The van der Waals surface area contributed by atoms with E-state index < -0.39 is 15.8 Å². The average molecular weight is 219 g/mol. The minimum absolute atomic E-state index is 0.457. The molecule has 0 aliphatic rings. The summed E-state index contributed by atoms with van der Waals surface area (Å²) in [5, 5.41) is 9.22. The Labute approximate surface area is 80.4 Å². The largest absolute Gasteiger partial charge is 0.388 e. The van der Waals surface area contributed by atoms with Crippen LogP contribution in [-0.4, -0.2) is 21.3 Å². The molecule has 0 aliphatic carbocycles. The number of aldehydes is 1. The van der Waals surface area contributed by atoms with Crippen LogP contribution >= 0.6 is 34.8 Å². The molecule has 1 N–H and O–H groups in total. The van der Waals surface area contributed by atoms with Crippen LogP contribution in [0.4, 0.5) is 0 Å². The molecule has 5 heteroatoms. The topological polar surface area (TPSA) is 37.3 Å². The second-order valence-corrected chi connectivity index (χ2v) is 4.56. The molecule has 0 amide bonds. The summed E-state index contributed by atoms with van der Waals surface area (Å²) >= 11 is 16.1. The third-order valence-electron chi connectivity index (χ3n) is 1.39. The molecule has 0 rings (SSSR count). The quantitative estimate of drug-likeness (QED) is 0.582. The number of alkyl halides is 3. The fourth-order valence-electron chi connectivity index (χ4n) is 0.637. The Morgan fingerprint density at radius 2 is 2.00 bits per heavy atom. The zero-order valence-electron chi connectivity index (χ0n) is 5.93. The number of rotatable bonds is 3. The van der Waals surface area contributed by atoms with E-state index in [1.165, 1.54) is 0 Å². The summed E-state index contributed by atoms with van der Waals surface area (Å²) in [6, 6.07) is 0. The highest BCUT2D eigenvalue weighted by Gasteiger charge is 2.36. The van der Waals surface area contributed by atoms with Gasteiger partial charge in [-0.15, -0.1) is 0 Å². The van der Waals surface area contributed by atoms with Gasteiger partial charge in [-0.3, -0.25) is 0 Å². The Morgan fingerprint density at radius 1 is 1.55 bits per heavy atom. The van der Waals surface area contributed by atoms with E-state index in [0.717, 1.165) is 0 Å². The van der Waals surface area contributed by atoms with E-state index in [-0.39, 0.29) is 0 Å². The van der Waals surface area contributed by atoms with Crippen LogP contribution in [-0.2, 0) is 4.79 Å². The molecule has 11 heavy (non-hydrogen) atoms. The molecule has 0 fully saturated rings. The molecular formula is C6H9Cl3O2. The number of aliphatic hydroxyl groups excluding tert-OH is 1. The zero-order chi connectivity index (χ0) is 9.07. The molecule has 0 radical (unpaired) electrons. The van der Waals surface area contributed by atoms with Crippen molar-refractivity contribution in [2.24, 2.45) is 5.92 Å². The Morgan fingerprint density at radius 3 is 2.09 bits per heavy atom. The highest BCUT2D eigenvalue weighted by molar-refractivity contribution is 6.68. The van der Waals surface area contributed by atoms with Gasteiger partial charge in [0.15, 0.2) is 0 Å². The highest BCUT2D eigenvalue weighted by Crippen LogP contribution is 2.34. The molecule has 0 spiro atoms. The summed E-state index contributed by atoms with van der Waals surface area (Å²) in [4.78, 5) is 10.3. The number of carbonyl (C=O) groups excluding carboxylic acids is 1. The Kier molecular flexibility index (Phi) is 4.71. The van der Waals surface area contributed by atoms with Gasteiger partial charge in [-0.2, -0.15) is 0 Å². The van der Waals surface area contributed by atoms with E-state index in [9.17, 15) is 9.90 Å². The monoisotopic (exact) mass is 218 g/mol. The fourth-order valence-corrected chi connectivity index (χ4v) is 1.12. The van der Waals surface area contributed by atoms with Crippen LogP contribution in [0.1, 0.15) is 13.3 Å². The van der Waals surface area contributed by atoms with E-state index >= 15 is 0 Å². The lowest BCUT2D eigenvalue weighted by Crippen LogP contribution is -2.33. The second kappa shape index (κ2) is 4.51. The van der Waals surface area contributed by atoms with Gasteiger partial charge in [-0.1, -0.05) is 41.7 Å². The SMILES string of the molecule is CC[C@@H](C=O)[C@H](O)C(Cl)(Cl)Cl. The van der Waals surface area contributed by atoms with E-state index in [2.05, 4.69) is 0 Å². The Bertz CT molecular complexity index is 132. The third-order valence-corrected chi connectivity index (χ3v) is 2.06. The maximum Gasteiger partial charge on any atom is 0.216 e. The summed E-state index contributed by atoms with van der Waals surface area (Å²) in [6.07, 6.45) is -0.180.